The standard InChI is InChI=1S/C21H30N2O3/c24-16-18-7-5-17(6-8-18)14-19-9-12-23(15-19)21(26)10-13-22-11-3-1-2-4-20(22)25/h5-8,19,24H,1-4,9-16H2. The maximum absolute atomic E-state index is 12.5. The number of likely N-dealkylation sites (tertiary alicyclic amines) is 2. The molecule has 0 aromatic heterocycles. The lowest BCUT2D eigenvalue weighted by molar-refractivity contribution is -0.133. The van der Waals surface area contributed by atoms with Crippen LogP contribution in [0.2, 0.25) is 0 Å². The van der Waals surface area contributed by atoms with E-state index < -0.39 is 0 Å². The fraction of sp³-hybridized carbons (Fsp3) is 0.619. The van der Waals surface area contributed by atoms with E-state index in [-0.39, 0.29) is 18.4 Å². The Balaban J connectivity index is 1.43. The predicted octanol–water partition coefficient (Wildman–Crippen LogP) is 2.36. The normalized spacial score (nSPS) is 21.1. The third-order valence-corrected chi connectivity index (χ3v) is 5.64. The molecule has 2 fully saturated rings. The van der Waals surface area contributed by atoms with Gasteiger partial charge in [-0.2, -0.15) is 0 Å². The highest BCUT2D eigenvalue weighted by Gasteiger charge is 2.27. The second-order valence-electron chi connectivity index (χ2n) is 7.61. The zero-order valence-electron chi connectivity index (χ0n) is 15.5. The molecule has 142 valence electrons. The van der Waals surface area contributed by atoms with Crippen LogP contribution in [0.15, 0.2) is 24.3 Å². The first-order chi connectivity index (χ1) is 12.7. The maximum Gasteiger partial charge on any atom is 0.224 e. The summed E-state index contributed by atoms with van der Waals surface area (Å²) >= 11 is 0. The third kappa shape index (κ3) is 5.07. The fourth-order valence-corrected chi connectivity index (χ4v) is 4.00. The lowest BCUT2D eigenvalue weighted by atomic mass is 9.98. The second kappa shape index (κ2) is 9.17. The Kier molecular flexibility index (Phi) is 6.67. The van der Waals surface area contributed by atoms with Crippen molar-refractivity contribution >= 4 is 11.8 Å². The number of benzene rings is 1. The summed E-state index contributed by atoms with van der Waals surface area (Å²) in [7, 11) is 0. The summed E-state index contributed by atoms with van der Waals surface area (Å²) in [5.74, 6) is 0.889. The summed E-state index contributed by atoms with van der Waals surface area (Å²) < 4.78 is 0. The van der Waals surface area contributed by atoms with Crippen LogP contribution in [0.4, 0.5) is 0 Å². The molecule has 0 radical (unpaired) electrons. The Labute approximate surface area is 156 Å². The summed E-state index contributed by atoms with van der Waals surface area (Å²) in [6.45, 7) is 3.09. The number of carbonyl (C=O) groups excluding carboxylic acids is 2. The smallest absolute Gasteiger partial charge is 0.224 e. The van der Waals surface area contributed by atoms with Crippen LogP contribution in [0.3, 0.4) is 0 Å². The minimum Gasteiger partial charge on any atom is -0.392 e. The molecule has 3 rings (SSSR count). The van der Waals surface area contributed by atoms with Crippen molar-refractivity contribution in [2.45, 2.75) is 51.6 Å². The first-order valence-corrected chi connectivity index (χ1v) is 9.90. The molecule has 0 bridgehead atoms. The van der Waals surface area contributed by atoms with E-state index in [0.29, 0.717) is 25.3 Å². The van der Waals surface area contributed by atoms with Gasteiger partial charge in [-0.15, -0.1) is 0 Å². The van der Waals surface area contributed by atoms with Gasteiger partial charge in [-0.25, -0.2) is 0 Å². The molecule has 5 nitrogen and oxygen atoms in total. The maximum atomic E-state index is 12.5. The number of aliphatic hydroxyl groups is 1. The third-order valence-electron chi connectivity index (χ3n) is 5.64. The van der Waals surface area contributed by atoms with Crippen molar-refractivity contribution in [3.8, 4) is 0 Å². The van der Waals surface area contributed by atoms with Gasteiger partial charge in [0.25, 0.3) is 0 Å². The van der Waals surface area contributed by atoms with Gasteiger partial charge in [0.1, 0.15) is 0 Å². The number of aliphatic hydroxyl groups excluding tert-OH is 1. The topological polar surface area (TPSA) is 60.9 Å². The highest BCUT2D eigenvalue weighted by Crippen LogP contribution is 2.22. The van der Waals surface area contributed by atoms with Crippen molar-refractivity contribution in [2.24, 2.45) is 5.92 Å². The molecule has 26 heavy (non-hydrogen) atoms. The Morgan fingerprint density at radius 3 is 2.62 bits per heavy atom. The number of hydrogen-bond donors (Lipinski definition) is 1. The Hall–Kier alpha value is -1.88. The first kappa shape index (κ1) is 18.9. The minimum absolute atomic E-state index is 0.0749. The number of rotatable bonds is 6. The molecule has 2 aliphatic rings. The molecule has 2 amide bonds. The zero-order valence-corrected chi connectivity index (χ0v) is 15.5. The Bertz CT molecular complexity index is 614. The van der Waals surface area contributed by atoms with Crippen molar-refractivity contribution in [3.05, 3.63) is 35.4 Å². The van der Waals surface area contributed by atoms with Crippen molar-refractivity contribution in [1.29, 1.82) is 0 Å². The zero-order chi connectivity index (χ0) is 18.4. The number of carbonyl (C=O) groups is 2. The molecule has 1 atom stereocenters. The van der Waals surface area contributed by atoms with Gasteiger partial charge in [0.15, 0.2) is 0 Å². The van der Waals surface area contributed by atoms with Crippen LogP contribution in [-0.2, 0) is 22.6 Å². The van der Waals surface area contributed by atoms with Crippen molar-refractivity contribution in [1.82, 2.24) is 9.80 Å². The molecule has 5 heteroatoms. The summed E-state index contributed by atoms with van der Waals surface area (Å²) in [5, 5.41) is 9.12. The van der Waals surface area contributed by atoms with Gasteiger partial charge in [0.05, 0.1) is 6.61 Å². The van der Waals surface area contributed by atoms with Crippen LogP contribution in [0, 0.1) is 5.92 Å². The van der Waals surface area contributed by atoms with E-state index in [2.05, 4.69) is 12.1 Å². The first-order valence-electron chi connectivity index (χ1n) is 9.90. The van der Waals surface area contributed by atoms with Crippen molar-refractivity contribution in [3.63, 3.8) is 0 Å². The molecular weight excluding hydrogens is 328 g/mol. The summed E-state index contributed by atoms with van der Waals surface area (Å²) in [6, 6.07) is 8.07. The molecule has 1 N–H and O–H groups in total. The van der Waals surface area contributed by atoms with Crippen LogP contribution < -0.4 is 0 Å². The van der Waals surface area contributed by atoms with Gasteiger partial charge in [0.2, 0.25) is 11.8 Å². The number of amides is 2. The van der Waals surface area contributed by atoms with E-state index in [1.54, 1.807) is 0 Å². The molecule has 1 unspecified atom stereocenters. The molecule has 1 aromatic rings. The number of nitrogens with zero attached hydrogens (tertiary/aromatic N) is 2. The monoisotopic (exact) mass is 358 g/mol. The highest BCUT2D eigenvalue weighted by molar-refractivity contribution is 5.79. The van der Waals surface area contributed by atoms with E-state index in [1.807, 2.05) is 21.9 Å². The molecule has 0 aliphatic carbocycles. The van der Waals surface area contributed by atoms with Crippen LogP contribution >= 0.6 is 0 Å². The van der Waals surface area contributed by atoms with Crippen LogP contribution in [0.1, 0.15) is 49.7 Å². The van der Waals surface area contributed by atoms with Gasteiger partial charge in [-0.3, -0.25) is 9.59 Å². The van der Waals surface area contributed by atoms with Crippen molar-refractivity contribution in [2.75, 3.05) is 26.2 Å². The van der Waals surface area contributed by atoms with E-state index in [4.69, 9.17) is 5.11 Å². The predicted molar refractivity (Wildman–Crippen MR) is 100 cm³/mol. The molecule has 2 heterocycles. The molecule has 2 saturated heterocycles. The van der Waals surface area contributed by atoms with Gasteiger partial charge in [0, 0.05) is 39.0 Å². The lowest BCUT2D eigenvalue weighted by Gasteiger charge is -2.22. The lowest BCUT2D eigenvalue weighted by Crippen LogP contribution is -2.36. The molecule has 0 spiro atoms. The quantitative estimate of drug-likeness (QED) is 0.849. The van der Waals surface area contributed by atoms with Gasteiger partial charge in [-0.05, 0) is 42.7 Å². The van der Waals surface area contributed by atoms with Gasteiger partial charge >= 0.3 is 0 Å². The molecule has 1 aromatic carbocycles. The summed E-state index contributed by atoms with van der Waals surface area (Å²) in [4.78, 5) is 28.4. The number of hydrogen-bond acceptors (Lipinski definition) is 3. The summed E-state index contributed by atoms with van der Waals surface area (Å²) in [5.41, 5.74) is 2.19. The summed E-state index contributed by atoms with van der Waals surface area (Å²) in [6.07, 6.45) is 6.25. The van der Waals surface area contributed by atoms with Crippen LogP contribution in [-0.4, -0.2) is 52.9 Å². The Morgan fingerprint density at radius 2 is 1.85 bits per heavy atom. The SMILES string of the molecule is O=C1CCCCCN1CCC(=O)N1CCC(Cc2ccc(CO)cc2)C1. The second-order valence-corrected chi connectivity index (χ2v) is 7.61. The van der Waals surface area contributed by atoms with E-state index in [1.165, 1.54) is 5.56 Å². The molecule has 2 aliphatic heterocycles. The largest absolute Gasteiger partial charge is 0.392 e. The van der Waals surface area contributed by atoms with E-state index in [0.717, 1.165) is 57.3 Å². The minimum atomic E-state index is 0.0749. The average Bonchev–Trinajstić information content (AvgIpc) is 3.02. The molecular formula is C21H30N2O3. The van der Waals surface area contributed by atoms with Gasteiger partial charge in [-0.1, -0.05) is 30.7 Å². The van der Waals surface area contributed by atoms with E-state index >= 15 is 0 Å². The van der Waals surface area contributed by atoms with Gasteiger partial charge < -0.3 is 14.9 Å². The van der Waals surface area contributed by atoms with Crippen molar-refractivity contribution < 1.29 is 14.7 Å². The van der Waals surface area contributed by atoms with Crippen LogP contribution in [0.5, 0.6) is 0 Å². The fourth-order valence-electron chi connectivity index (χ4n) is 4.00. The van der Waals surface area contributed by atoms with Crippen LogP contribution in [0.25, 0.3) is 0 Å². The van der Waals surface area contributed by atoms with E-state index in [9.17, 15) is 9.59 Å². The molecule has 0 saturated carbocycles. The average molecular weight is 358 g/mol. The Morgan fingerprint density at radius 1 is 1.08 bits per heavy atom. The highest BCUT2D eigenvalue weighted by atomic mass is 16.3.